The van der Waals surface area contributed by atoms with Crippen molar-refractivity contribution in [2.45, 2.75) is 19.3 Å². The molecule has 1 spiro atoms. The van der Waals surface area contributed by atoms with Crippen molar-refractivity contribution < 1.29 is 9.26 Å². The molecule has 2 aliphatic rings. The van der Waals surface area contributed by atoms with Crippen molar-refractivity contribution in [3.63, 3.8) is 0 Å². The zero-order valence-electron chi connectivity index (χ0n) is 8.82. The molecule has 1 aromatic heterocycles. The summed E-state index contributed by atoms with van der Waals surface area (Å²) in [6, 6.07) is 0. The van der Waals surface area contributed by atoms with Gasteiger partial charge in [0.2, 0.25) is 5.89 Å². The fourth-order valence-electron chi connectivity index (χ4n) is 2.37. The molecule has 1 aromatic rings. The van der Waals surface area contributed by atoms with Crippen molar-refractivity contribution in [2.24, 2.45) is 5.41 Å². The summed E-state index contributed by atoms with van der Waals surface area (Å²) in [7, 11) is 0. The Morgan fingerprint density at radius 1 is 1.53 bits per heavy atom. The van der Waals surface area contributed by atoms with E-state index in [-0.39, 0.29) is 5.41 Å². The van der Waals surface area contributed by atoms with Gasteiger partial charge < -0.3 is 14.6 Å². The van der Waals surface area contributed by atoms with E-state index in [1.807, 2.05) is 6.92 Å². The number of nitrogens with zero attached hydrogens (tertiary/aromatic N) is 2. The van der Waals surface area contributed by atoms with E-state index >= 15 is 0 Å². The minimum absolute atomic E-state index is 0.220. The average molecular weight is 209 g/mol. The first-order valence-electron chi connectivity index (χ1n) is 5.45. The second-order valence-corrected chi connectivity index (χ2v) is 4.44. The third-order valence-electron chi connectivity index (χ3n) is 3.44. The maximum Gasteiger partial charge on any atom is 0.231 e. The summed E-state index contributed by atoms with van der Waals surface area (Å²) >= 11 is 0. The first-order chi connectivity index (χ1) is 7.34. The molecule has 0 amide bonds. The van der Waals surface area contributed by atoms with E-state index in [1.165, 1.54) is 0 Å². The minimum atomic E-state index is 0.220. The number of aromatic nitrogens is 2. The number of nitrogens with one attached hydrogen (secondary N) is 1. The van der Waals surface area contributed by atoms with Crippen LogP contribution in [0.25, 0.3) is 0 Å². The van der Waals surface area contributed by atoms with Crippen LogP contribution in [0.5, 0.6) is 0 Å². The lowest BCUT2D eigenvalue weighted by Gasteiger charge is -2.40. The van der Waals surface area contributed by atoms with E-state index in [1.54, 1.807) is 0 Å². The lowest BCUT2D eigenvalue weighted by atomic mass is 9.76. The van der Waals surface area contributed by atoms with Crippen molar-refractivity contribution in [1.82, 2.24) is 15.5 Å². The highest BCUT2D eigenvalue weighted by atomic mass is 16.5. The molecule has 1 unspecified atom stereocenters. The van der Waals surface area contributed by atoms with Crippen LogP contribution in [0.1, 0.15) is 24.6 Å². The Labute approximate surface area is 88.2 Å². The van der Waals surface area contributed by atoms with Crippen LogP contribution in [0, 0.1) is 5.41 Å². The fraction of sp³-hybridized carbons (Fsp3) is 0.800. The molecule has 5 nitrogen and oxygen atoms in total. The van der Waals surface area contributed by atoms with Gasteiger partial charge in [0, 0.05) is 24.9 Å². The SMILES string of the molecule is CCc1noc(C2CNCC23COC3)n1. The highest BCUT2D eigenvalue weighted by molar-refractivity contribution is 5.11. The summed E-state index contributed by atoms with van der Waals surface area (Å²) in [5.74, 6) is 1.91. The lowest BCUT2D eigenvalue weighted by molar-refractivity contribution is -0.113. The van der Waals surface area contributed by atoms with Crippen molar-refractivity contribution in [2.75, 3.05) is 26.3 Å². The predicted molar refractivity (Wildman–Crippen MR) is 52.5 cm³/mol. The summed E-state index contributed by atoms with van der Waals surface area (Å²) in [6.07, 6.45) is 0.827. The third kappa shape index (κ3) is 1.30. The molecule has 2 aliphatic heterocycles. The van der Waals surface area contributed by atoms with Gasteiger partial charge in [-0.25, -0.2) is 0 Å². The third-order valence-corrected chi connectivity index (χ3v) is 3.44. The predicted octanol–water partition coefficient (Wildman–Crippen LogP) is 0.335. The van der Waals surface area contributed by atoms with Crippen molar-refractivity contribution in [3.05, 3.63) is 11.7 Å². The molecule has 0 aromatic carbocycles. The van der Waals surface area contributed by atoms with Gasteiger partial charge in [-0.15, -0.1) is 0 Å². The van der Waals surface area contributed by atoms with E-state index in [0.29, 0.717) is 5.92 Å². The largest absolute Gasteiger partial charge is 0.380 e. The normalized spacial score (nSPS) is 28.2. The molecule has 15 heavy (non-hydrogen) atoms. The maximum absolute atomic E-state index is 5.32. The second-order valence-electron chi connectivity index (χ2n) is 4.44. The van der Waals surface area contributed by atoms with Gasteiger partial charge in [0.05, 0.1) is 19.1 Å². The Balaban J connectivity index is 1.86. The van der Waals surface area contributed by atoms with Gasteiger partial charge in [0.1, 0.15) is 0 Å². The Morgan fingerprint density at radius 3 is 3.00 bits per heavy atom. The molecule has 0 radical (unpaired) electrons. The van der Waals surface area contributed by atoms with Gasteiger partial charge in [-0.2, -0.15) is 4.98 Å². The number of rotatable bonds is 2. The molecular weight excluding hydrogens is 194 g/mol. The van der Waals surface area contributed by atoms with Crippen LogP contribution < -0.4 is 5.32 Å². The van der Waals surface area contributed by atoms with Crippen LogP contribution in [-0.2, 0) is 11.2 Å². The average Bonchev–Trinajstić information content (AvgIpc) is 2.82. The zero-order valence-corrected chi connectivity index (χ0v) is 8.82. The molecule has 0 aliphatic carbocycles. The van der Waals surface area contributed by atoms with Crippen molar-refractivity contribution in [1.29, 1.82) is 0 Å². The second kappa shape index (κ2) is 3.28. The van der Waals surface area contributed by atoms with E-state index in [9.17, 15) is 0 Å². The van der Waals surface area contributed by atoms with Gasteiger partial charge in [-0.3, -0.25) is 0 Å². The zero-order chi connectivity index (χ0) is 10.3. The van der Waals surface area contributed by atoms with Crippen LogP contribution in [0.2, 0.25) is 0 Å². The Bertz CT molecular complexity index is 359. The smallest absolute Gasteiger partial charge is 0.231 e. The van der Waals surface area contributed by atoms with E-state index in [0.717, 1.165) is 44.4 Å². The van der Waals surface area contributed by atoms with Gasteiger partial charge >= 0.3 is 0 Å². The van der Waals surface area contributed by atoms with Crippen molar-refractivity contribution in [3.8, 4) is 0 Å². The molecule has 0 saturated carbocycles. The molecule has 0 bridgehead atoms. The quantitative estimate of drug-likeness (QED) is 0.761. The molecule has 2 fully saturated rings. The molecule has 3 heterocycles. The van der Waals surface area contributed by atoms with E-state index < -0.39 is 0 Å². The maximum atomic E-state index is 5.32. The van der Waals surface area contributed by atoms with Gasteiger partial charge in [-0.1, -0.05) is 12.1 Å². The first-order valence-corrected chi connectivity index (χ1v) is 5.45. The molecule has 1 atom stereocenters. The van der Waals surface area contributed by atoms with Gasteiger partial charge in [0.25, 0.3) is 0 Å². The Kier molecular flexibility index (Phi) is 2.03. The number of aryl methyl sites for hydroxylation is 1. The molecule has 82 valence electrons. The van der Waals surface area contributed by atoms with Crippen LogP contribution in [0.15, 0.2) is 4.52 Å². The van der Waals surface area contributed by atoms with Gasteiger partial charge in [-0.05, 0) is 0 Å². The number of hydrogen-bond donors (Lipinski definition) is 1. The van der Waals surface area contributed by atoms with Gasteiger partial charge in [0.15, 0.2) is 5.82 Å². The Hall–Kier alpha value is -0.940. The molecule has 5 heteroatoms. The first kappa shape index (κ1) is 9.30. The van der Waals surface area contributed by atoms with Crippen LogP contribution in [-0.4, -0.2) is 36.4 Å². The fourth-order valence-corrected chi connectivity index (χ4v) is 2.37. The summed E-state index contributed by atoms with van der Waals surface area (Å²) in [4.78, 5) is 4.41. The summed E-state index contributed by atoms with van der Waals surface area (Å²) in [5.41, 5.74) is 0.220. The molecule has 2 saturated heterocycles. The Morgan fingerprint density at radius 2 is 2.40 bits per heavy atom. The highest BCUT2D eigenvalue weighted by Gasteiger charge is 2.51. The topological polar surface area (TPSA) is 60.2 Å². The molecular formula is C10H15N3O2. The highest BCUT2D eigenvalue weighted by Crippen LogP contribution is 2.44. The number of hydrogen-bond acceptors (Lipinski definition) is 5. The monoisotopic (exact) mass is 209 g/mol. The summed E-state index contributed by atoms with van der Waals surface area (Å²) in [6.45, 7) is 5.59. The van der Waals surface area contributed by atoms with Crippen LogP contribution in [0.4, 0.5) is 0 Å². The van der Waals surface area contributed by atoms with E-state index in [2.05, 4.69) is 15.5 Å². The summed E-state index contributed by atoms with van der Waals surface area (Å²) in [5, 5.41) is 7.33. The standard InChI is InChI=1S/C10H15N3O2/c1-2-8-12-9(15-13-8)7-3-11-4-10(7)5-14-6-10/h7,11H,2-6H2,1H3. The molecule has 3 rings (SSSR count). The van der Waals surface area contributed by atoms with Crippen LogP contribution >= 0.6 is 0 Å². The van der Waals surface area contributed by atoms with Crippen LogP contribution in [0.3, 0.4) is 0 Å². The van der Waals surface area contributed by atoms with Crippen molar-refractivity contribution >= 4 is 0 Å². The summed E-state index contributed by atoms with van der Waals surface area (Å²) < 4.78 is 10.6. The van der Waals surface area contributed by atoms with E-state index in [4.69, 9.17) is 9.26 Å². The number of ether oxygens (including phenoxy) is 1. The molecule has 1 N–H and O–H groups in total. The lowest BCUT2D eigenvalue weighted by Crippen LogP contribution is -2.47. The minimum Gasteiger partial charge on any atom is -0.380 e.